The molecule has 24 heavy (non-hydrogen) atoms. The highest BCUT2D eigenvalue weighted by atomic mass is 35.5. The molecule has 3 aromatic rings. The molecule has 0 spiro atoms. The van der Waals surface area contributed by atoms with E-state index in [1.165, 1.54) is 6.33 Å². The number of nitrogens with one attached hydrogen (secondary N) is 1. The van der Waals surface area contributed by atoms with Crippen LogP contribution < -0.4 is 14.8 Å². The molecular weight excluding hydrogens is 326 g/mol. The molecule has 0 bridgehead atoms. The van der Waals surface area contributed by atoms with Crippen LogP contribution in [-0.4, -0.2) is 23.7 Å². The van der Waals surface area contributed by atoms with Crippen LogP contribution >= 0.6 is 11.6 Å². The molecule has 0 unspecified atom stereocenters. The van der Waals surface area contributed by atoms with Gasteiger partial charge in [-0.25, -0.2) is 9.97 Å². The van der Waals surface area contributed by atoms with E-state index in [4.69, 9.17) is 21.1 Å². The first kappa shape index (κ1) is 16.3. The zero-order valence-corrected chi connectivity index (χ0v) is 14.3. The van der Waals surface area contributed by atoms with Gasteiger partial charge in [0.15, 0.2) is 11.5 Å². The minimum atomic E-state index is 0.588. The van der Waals surface area contributed by atoms with E-state index in [1.807, 2.05) is 43.3 Å². The highest BCUT2D eigenvalue weighted by Crippen LogP contribution is 2.29. The number of rotatable bonds is 6. The third kappa shape index (κ3) is 3.51. The number of nitrogens with zero attached hydrogens (tertiary/aromatic N) is 2. The highest BCUT2D eigenvalue weighted by Gasteiger charge is 2.07. The molecule has 6 heteroatoms. The first-order valence-corrected chi connectivity index (χ1v) is 8.03. The molecule has 0 saturated carbocycles. The predicted octanol–water partition coefficient (Wildman–Crippen LogP) is 4.30. The van der Waals surface area contributed by atoms with Gasteiger partial charge in [0.2, 0.25) is 0 Å². The van der Waals surface area contributed by atoms with Crippen molar-refractivity contribution in [3.8, 4) is 11.5 Å². The van der Waals surface area contributed by atoms with Crippen molar-refractivity contribution in [3.63, 3.8) is 0 Å². The lowest BCUT2D eigenvalue weighted by atomic mass is 10.2. The highest BCUT2D eigenvalue weighted by molar-refractivity contribution is 6.31. The van der Waals surface area contributed by atoms with Gasteiger partial charge in [0.1, 0.15) is 12.1 Å². The van der Waals surface area contributed by atoms with Crippen LogP contribution in [-0.2, 0) is 6.54 Å². The van der Waals surface area contributed by atoms with Crippen molar-refractivity contribution in [1.82, 2.24) is 9.97 Å². The first-order chi connectivity index (χ1) is 11.7. The van der Waals surface area contributed by atoms with E-state index >= 15 is 0 Å². The molecule has 0 radical (unpaired) electrons. The van der Waals surface area contributed by atoms with Gasteiger partial charge in [-0.1, -0.05) is 17.7 Å². The number of ether oxygens (including phenoxy) is 2. The van der Waals surface area contributed by atoms with Gasteiger partial charge in [0, 0.05) is 17.0 Å². The molecule has 0 amide bonds. The fraction of sp³-hybridized carbons (Fsp3) is 0.222. The van der Waals surface area contributed by atoms with Crippen LogP contribution in [0.4, 0.5) is 5.82 Å². The molecular formula is C18H18ClN3O2. The zero-order valence-electron chi connectivity index (χ0n) is 13.5. The van der Waals surface area contributed by atoms with Crippen LogP contribution in [0.15, 0.2) is 42.7 Å². The summed E-state index contributed by atoms with van der Waals surface area (Å²) in [6.07, 6.45) is 1.53. The summed E-state index contributed by atoms with van der Waals surface area (Å²) >= 11 is 6.01. The van der Waals surface area contributed by atoms with Gasteiger partial charge in [-0.2, -0.15) is 0 Å². The van der Waals surface area contributed by atoms with Crippen molar-refractivity contribution in [2.45, 2.75) is 13.5 Å². The Morgan fingerprint density at radius 1 is 1.08 bits per heavy atom. The third-order valence-electron chi connectivity index (χ3n) is 3.59. The van der Waals surface area contributed by atoms with Gasteiger partial charge in [0.05, 0.1) is 19.2 Å². The zero-order chi connectivity index (χ0) is 16.9. The van der Waals surface area contributed by atoms with Gasteiger partial charge in [0.25, 0.3) is 0 Å². The minimum Gasteiger partial charge on any atom is -0.493 e. The molecule has 2 aromatic carbocycles. The quantitative estimate of drug-likeness (QED) is 0.723. The van der Waals surface area contributed by atoms with E-state index in [-0.39, 0.29) is 0 Å². The van der Waals surface area contributed by atoms with Gasteiger partial charge < -0.3 is 14.8 Å². The maximum Gasteiger partial charge on any atom is 0.161 e. The Morgan fingerprint density at radius 3 is 2.75 bits per heavy atom. The standard InChI is InChI=1S/C18H18ClN3O2/c1-3-24-17-8-12(4-7-16(17)23-2)10-20-18-14-6-5-13(19)9-15(14)21-11-22-18/h4-9,11H,3,10H2,1-2H3,(H,20,21,22). The van der Waals surface area contributed by atoms with Gasteiger partial charge in [-0.05, 0) is 42.8 Å². The lowest BCUT2D eigenvalue weighted by molar-refractivity contribution is 0.310. The van der Waals surface area contributed by atoms with Crippen LogP contribution in [0.25, 0.3) is 10.9 Å². The summed E-state index contributed by atoms with van der Waals surface area (Å²) in [5, 5.41) is 4.93. The van der Waals surface area contributed by atoms with E-state index in [2.05, 4.69) is 15.3 Å². The van der Waals surface area contributed by atoms with Crippen molar-refractivity contribution in [2.24, 2.45) is 0 Å². The molecule has 0 aliphatic heterocycles. The Balaban J connectivity index is 1.82. The molecule has 0 atom stereocenters. The summed E-state index contributed by atoms with van der Waals surface area (Å²) in [4.78, 5) is 8.57. The third-order valence-corrected chi connectivity index (χ3v) is 3.82. The SMILES string of the molecule is CCOc1cc(CNc2ncnc3cc(Cl)ccc23)ccc1OC. The minimum absolute atomic E-state index is 0.588. The van der Waals surface area contributed by atoms with Crippen molar-refractivity contribution < 1.29 is 9.47 Å². The molecule has 0 aliphatic carbocycles. The number of fused-ring (bicyclic) bond motifs is 1. The lowest BCUT2D eigenvalue weighted by Gasteiger charge is -2.12. The number of benzene rings is 2. The molecule has 1 aromatic heterocycles. The summed E-state index contributed by atoms with van der Waals surface area (Å²) in [6, 6.07) is 11.4. The lowest BCUT2D eigenvalue weighted by Crippen LogP contribution is -2.03. The second-order valence-corrected chi connectivity index (χ2v) is 5.59. The summed E-state index contributed by atoms with van der Waals surface area (Å²) in [7, 11) is 1.63. The topological polar surface area (TPSA) is 56.3 Å². The van der Waals surface area contributed by atoms with Gasteiger partial charge in [-0.15, -0.1) is 0 Å². The van der Waals surface area contributed by atoms with Crippen molar-refractivity contribution in [1.29, 1.82) is 0 Å². The predicted molar refractivity (Wildman–Crippen MR) is 96.0 cm³/mol. The fourth-order valence-corrected chi connectivity index (χ4v) is 2.62. The average molecular weight is 344 g/mol. The van der Waals surface area contributed by atoms with Crippen LogP contribution in [0.2, 0.25) is 5.02 Å². The Morgan fingerprint density at radius 2 is 1.96 bits per heavy atom. The Hall–Kier alpha value is -2.53. The van der Waals surface area contributed by atoms with Crippen LogP contribution in [0.1, 0.15) is 12.5 Å². The molecule has 0 fully saturated rings. The fourth-order valence-electron chi connectivity index (χ4n) is 2.46. The van der Waals surface area contributed by atoms with E-state index in [0.717, 1.165) is 33.8 Å². The summed E-state index contributed by atoms with van der Waals surface area (Å²) in [5.41, 5.74) is 1.88. The summed E-state index contributed by atoms with van der Waals surface area (Å²) < 4.78 is 10.9. The van der Waals surface area contributed by atoms with Gasteiger partial charge >= 0.3 is 0 Å². The molecule has 1 N–H and O–H groups in total. The number of aromatic nitrogens is 2. The maximum absolute atomic E-state index is 6.01. The average Bonchev–Trinajstić information content (AvgIpc) is 2.60. The number of anilines is 1. The monoisotopic (exact) mass is 343 g/mol. The smallest absolute Gasteiger partial charge is 0.161 e. The van der Waals surface area contributed by atoms with E-state index in [0.29, 0.717) is 18.2 Å². The molecule has 3 rings (SSSR count). The van der Waals surface area contributed by atoms with Crippen LogP contribution in [0, 0.1) is 0 Å². The van der Waals surface area contributed by atoms with E-state index in [1.54, 1.807) is 7.11 Å². The second kappa shape index (κ2) is 7.36. The van der Waals surface area contributed by atoms with E-state index < -0.39 is 0 Å². The van der Waals surface area contributed by atoms with Crippen LogP contribution in [0.3, 0.4) is 0 Å². The molecule has 124 valence electrons. The first-order valence-electron chi connectivity index (χ1n) is 7.65. The molecule has 0 aliphatic rings. The van der Waals surface area contributed by atoms with Crippen molar-refractivity contribution in [2.75, 3.05) is 19.0 Å². The molecule has 5 nitrogen and oxygen atoms in total. The maximum atomic E-state index is 6.01. The van der Waals surface area contributed by atoms with Gasteiger partial charge in [-0.3, -0.25) is 0 Å². The van der Waals surface area contributed by atoms with Crippen molar-refractivity contribution >= 4 is 28.3 Å². The van der Waals surface area contributed by atoms with Crippen molar-refractivity contribution in [3.05, 3.63) is 53.3 Å². The second-order valence-electron chi connectivity index (χ2n) is 5.16. The van der Waals surface area contributed by atoms with Crippen LogP contribution in [0.5, 0.6) is 11.5 Å². The Bertz CT molecular complexity index is 855. The largest absolute Gasteiger partial charge is 0.493 e. The number of hydrogen-bond donors (Lipinski definition) is 1. The molecule has 1 heterocycles. The molecule has 0 saturated heterocycles. The number of halogens is 1. The van der Waals surface area contributed by atoms with E-state index in [9.17, 15) is 0 Å². The Labute approximate surface area is 145 Å². The summed E-state index contributed by atoms with van der Waals surface area (Å²) in [5.74, 6) is 2.23. The summed E-state index contributed by atoms with van der Waals surface area (Å²) in [6.45, 7) is 3.14. The number of methoxy groups -OCH3 is 1. The normalized spacial score (nSPS) is 10.6. The number of hydrogen-bond acceptors (Lipinski definition) is 5. The Kier molecular flexibility index (Phi) is 5.01.